The Balaban J connectivity index is 1.98. The highest BCUT2D eigenvalue weighted by Crippen LogP contribution is 2.49. The molecular formula is C19H20N4O. The molecule has 24 heavy (non-hydrogen) atoms. The van der Waals surface area contributed by atoms with Crippen molar-refractivity contribution in [1.82, 2.24) is 5.01 Å². The Hall–Kier alpha value is -2.66. The molecule has 0 spiro atoms. The quantitative estimate of drug-likeness (QED) is 0.779. The van der Waals surface area contributed by atoms with Gasteiger partial charge in [0.2, 0.25) is 5.54 Å². The van der Waals surface area contributed by atoms with Gasteiger partial charge in [0, 0.05) is 18.8 Å². The molecule has 0 amide bonds. The smallest absolute Gasteiger partial charge is 0.230 e. The van der Waals surface area contributed by atoms with E-state index in [2.05, 4.69) is 24.2 Å². The molecule has 2 atom stereocenters. The van der Waals surface area contributed by atoms with Crippen LogP contribution in [0.2, 0.25) is 0 Å². The van der Waals surface area contributed by atoms with E-state index in [1.165, 1.54) is 0 Å². The lowest BCUT2D eigenvalue weighted by molar-refractivity contribution is -0.123. The monoisotopic (exact) mass is 320 g/mol. The minimum Gasteiger partial charge on any atom is -0.299 e. The van der Waals surface area contributed by atoms with Gasteiger partial charge < -0.3 is 0 Å². The number of fused-ring (bicyclic) bond motifs is 3. The van der Waals surface area contributed by atoms with E-state index in [1.54, 1.807) is 11.2 Å². The van der Waals surface area contributed by atoms with Gasteiger partial charge in [-0.1, -0.05) is 44.0 Å². The van der Waals surface area contributed by atoms with Crippen LogP contribution < -0.4 is 0 Å². The number of unbranched alkanes of at least 4 members (excludes halogenated alkanes) is 2. The lowest BCUT2D eigenvalue weighted by Crippen LogP contribution is -2.40. The number of Topliss-reactive ketones (excluding diaryl/α,β-unsaturated/α-hetero) is 1. The summed E-state index contributed by atoms with van der Waals surface area (Å²) in [7, 11) is 0. The molecule has 0 radical (unpaired) electrons. The number of benzene rings is 1. The second kappa shape index (κ2) is 6.45. The summed E-state index contributed by atoms with van der Waals surface area (Å²) in [5.41, 5.74) is 0.574. The van der Waals surface area contributed by atoms with Gasteiger partial charge in [-0.2, -0.15) is 15.6 Å². The average molecular weight is 320 g/mol. The molecular weight excluding hydrogens is 300 g/mol. The first-order chi connectivity index (χ1) is 11.7. The number of carbonyl (C=O) groups excluding carboxylic acids is 1. The number of ketones is 1. The molecule has 2 aliphatic heterocycles. The summed E-state index contributed by atoms with van der Waals surface area (Å²) in [4.78, 5) is 12.8. The number of carbonyl (C=O) groups is 1. The molecule has 0 aliphatic carbocycles. The van der Waals surface area contributed by atoms with Crippen LogP contribution in [0, 0.1) is 28.6 Å². The Bertz CT molecular complexity index is 741. The minimum atomic E-state index is -1.36. The largest absolute Gasteiger partial charge is 0.299 e. The Morgan fingerprint density at radius 3 is 2.79 bits per heavy atom. The fraction of sp³-hybridized carbons (Fsp3) is 0.474. The minimum absolute atomic E-state index is 0.137. The summed E-state index contributed by atoms with van der Waals surface area (Å²) in [5, 5.41) is 25.2. The van der Waals surface area contributed by atoms with E-state index in [0.717, 1.165) is 30.4 Å². The van der Waals surface area contributed by atoms with Crippen molar-refractivity contribution in [1.29, 1.82) is 10.5 Å². The number of hydrogen-bond acceptors (Lipinski definition) is 5. The third-order valence-electron chi connectivity index (χ3n) is 5.00. The molecule has 0 N–H and O–H groups in total. The van der Waals surface area contributed by atoms with Crippen LogP contribution in [0.25, 0.3) is 0 Å². The van der Waals surface area contributed by atoms with E-state index in [1.807, 2.05) is 24.3 Å². The van der Waals surface area contributed by atoms with Crippen molar-refractivity contribution in [2.45, 2.75) is 50.6 Å². The van der Waals surface area contributed by atoms with Crippen LogP contribution in [0.5, 0.6) is 0 Å². The molecule has 0 saturated carbocycles. The summed E-state index contributed by atoms with van der Waals surface area (Å²) < 4.78 is 0. The fourth-order valence-electron chi connectivity index (χ4n) is 3.72. The maximum Gasteiger partial charge on any atom is 0.230 e. The van der Waals surface area contributed by atoms with E-state index in [4.69, 9.17) is 0 Å². The topological polar surface area (TPSA) is 80.2 Å². The Labute approximate surface area is 142 Å². The van der Waals surface area contributed by atoms with Crippen LogP contribution in [-0.2, 0) is 4.79 Å². The predicted molar refractivity (Wildman–Crippen MR) is 89.8 cm³/mol. The zero-order valence-electron chi connectivity index (χ0n) is 13.8. The first kappa shape index (κ1) is 16.2. The van der Waals surface area contributed by atoms with Crippen molar-refractivity contribution in [2.24, 2.45) is 11.0 Å². The van der Waals surface area contributed by atoms with Crippen LogP contribution >= 0.6 is 0 Å². The lowest BCUT2D eigenvalue weighted by atomic mass is 9.84. The molecule has 2 aliphatic rings. The predicted octanol–water partition coefficient (Wildman–Crippen LogP) is 3.33. The van der Waals surface area contributed by atoms with Crippen LogP contribution in [-0.4, -0.2) is 22.5 Å². The molecule has 1 saturated heterocycles. The Kier molecular flexibility index (Phi) is 4.36. The Morgan fingerprint density at radius 2 is 2.08 bits per heavy atom. The van der Waals surface area contributed by atoms with Gasteiger partial charge in [-0.3, -0.25) is 9.80 Å². The van der Waals surface area contributed by atoms with E-state index < -0.39 is 5.54 Å². The number of hydrazone groups is 1. The van der Waals surface area contributed by atoms with Gasteiger partial charge in [0.15, 0.2) is 0 Å². The van der Waals surface area contributed by atoms with Gasteiger partial charge in [0.1, 0.15) is 17.9 Å². The van der Waals surface area contributed by atoms with Gasteiger partial charge in [-0.15, -0.1) is 0 Å². The van der Waals surface area contributed by atoms with Crippen molar-refractivity contribution in [2.75, 3.05) is 0 Å². The van der Waals surface area contributed by atoms with Crippen LogP contribution in [0.15, 0.2) is 29.4 Å². The first-order valence-corrected chi connectivity index (χ1v) is 8.44. The zero-order chi connectivity index (χ0) is 17.2. The van der Waals surface area contributed by atoms with Crippen molar-refractivity contribution >= 4 is 12.0 Å². The van der Waals surface area contributed by atoms with Crippen molar-refractivity contribution < 1.29 is 4.79 Å². The number of nitrogens with zero attached hydrogens (tertiary/aromatic N) is 4. The molecule has 5 nitrogen and oxygen atoms in total. The molecule has 1 unspecified atom stereocenters. The van der Waals surface area contributed by atoms with Crippen molar-refractivity contribution in [3.63, 3.8) is 0 Å². The number of rotatable bonds is 5. The molecule has 1 aromatic carbocycles. The fourth-order valence-corrected chi connectivity index (χ4v) is 3.72. The first-order valence-electron chi connectivity index (χ1n) is 8.44. The number of nitriles is 2. The van der Waals surface area contributed by atoms with Gasteiger partial charge in [-0.25, -0.2) is 0 Å². The molecule has 122 valence electrons. The molecule has 5 heteroatoms. The highest BCUT2D eigenvalue weighted by molar-refractivity contribution is 5.87. The van der Waals surface area contributed by atoms with Crippen LogP contribution in [0.1, 0.15) is 56.2 Å². The number of hydrogen-bond donors (Lipinski definition) is 0. The second-order valence-electron chi connectivity index (χ2n) is 6.48. The molecule has 0 bridgehead atoms. The standard InChI is InChI=1S/C19H20N4O/c1-2-3-4-9-17(24)16-10-19(12-20,13-21)23-18(16)15-8-6-5-7-14(15)11-22-23/h5-8,11,16,18H,2-4,9-10H2,1H3/t16-,18?/m1/s1. The van der Waals surface area contributed by atoms with Gasteiger partial charge in [-0.05, 0) is 17.5 Å². The molecule has 1 aromatic rings. The summed E-state index contributed by atoms with van der Waals surface area (Å²) in [5.74, 6) is -0.225. The zero-order valence-corrected chi connectivity index (χ0v) is 13.8. The summed E-state index contributed by atoms with van der Waals surface area (Å²) >= 11 is 0. The average Bonchev–Trinajstić information content (AvgIpc) is 2.97. The van der Waals surface area contributed by atoms with E-state index in [9.17, 15) is 15.3 Å². The molecule has 1 fully saturated rings. The summed E-state index contributed by atoms with van der Waals surface area (Å²) in [6, 6.07) is 11.7. The third kappa shape index (κ3) is 2.47. The van der Waals surface area contributed by atoms with Gasteiger partial charge in [0.25, 0.3) is 0 Å². The lowest BCUT2D eigenvalue weighted by Gasteiger charge is -2.33. The summed E-state index contributed by atoms with van der Waals surface area (Å²) in [6.45, 7) is 2.10. The highest BCUT2D eigenvalue weighted by atomic mass is 16.1. The second-order valence-corrected chi connectivity index (χ2v) is 6.48. The van der Waals surface area contributed by atoms with Crippen LogP contribution in [0.4, 0.5) is 0 Å². The summed E-state index contributed by atoms with van der Waals surface area (Å²) in [6.07, 6.45) is 5.34. The normalized spacial score (nSPS) is 23.0. The van der Waals surface area contributed by atoms with E-state index in [0.29, 0.717) is 6.42 Å². The maximum absolute atomic E-state index is 12.8. The third-order valence-corrected chi connectivity index (χ3v) is 5.00. The van der Waals surface area contributed by atoms with Crippen LogP contribution in [0.3, 0.4) is 0 Å². The molecule has 3 rings (SSSR count). The molecule has 0 aromatic heterocycles. The van der Waals surface area contributed by atoms with Gasteiger partial charge in [0.05, 0.1) is 12.3 Å². The van der Waals surface area contributed by atoms with Crippen molar-refractivity contribution in [3.8, 4) is 12.1 Å². The van der Waals surface area contributed by atoms with Crippen molar-refractivity contribution in [3.05, 3.63) is 35.4 Å². The van der Waals surface area contributed by atoms with E-state index >= 15 is 0 Å². The SMILES string of the molecule is CCCCCC(=O)[C@H]1CC(C#N)(C#N)N2N=Cc3ccccc3C12. The highest BCUT2D eigenvalue weighted by Gasteiger charge is 2.56. The van der Waals surface area contributed by atoms with Gasteiger partial charge >= 0.3 is 0 Å². The molecule has 2 heterocycles. The van der Waals surface area contributed by atoms with E-state index in [-0.39, 0.29) is 24.2 Å². The Morgan fingerprint density at radius 1 is 1.33 bits per heavy atom. The maximum atomic E-state index is 12.8.